The van der Waals surface area contributed by atoms with Crippen LogP contribution in [0.25, 0.3) is 0 Å². The minimum absolute atomic E-state index is 0.101. The zero-order chi connectivity index (χ0) is 15.2. The molecule has 2 rings (SSSR count). The minimum Gasteiger partial charge on any atom is -0.494 e. The Kier molecular flexibility index (Phi) is 5.05. The molecule has 0 aliphatic carbocycles. The van der Waals surface area contributed by atoms with Gasteiger partial charge in [0.1, 0.15) is 5.75 Å². The summed E-state index contributed by atoms with van der Waals surface area (Å²) in [6.07, 6.45) is 0. The molecule has 6 heteroatoms. The minimum atomic E-state index is -0.391. The van der Waals surface area contributed by atoms with Crippen molar-refractivity contribution in [2.45, 2.75) is 17.6 Å². The first-order valence-corrected chi connectivity index (χ1v) is 7.47. The fourth-order valence-electron chi connectivity index (χ4n) is 1.82. The molecule has 0 aliphatic rings. The Morgan fingerprint density at radius 2 is 2.10 bits per heavy atom. The molecule has 2 N–H and O–H groups in total. The number of hydrogen-bond donors (Lipinski definition) is 1. The molecule has 0 radical (unpaired) electrons. The second-order valence-corrected chi connectivity index (χ2v) is 5.37. The van der Waals surface area contributed by atoms with Crippen molar-refractivity contribution < 1.29 is 9.66 Å². The quantitative estimate of drug-likeness (QED) is 0.379. The molecule has 0 aliphatic heterocycles. The lowest BCUT2D eigenvalue weighted by molar-refractivity contribution is -0.384. The molecule has 0 atom stereocenters. The van der Waals surface area contributed by atoms with Gasteiger partial charge in [0.25, 0.3) is 5.69 Å². The largest absolute Gasteiger partial charge is 0.494 e. The SMILES string of the molecule is CCOc1ccc(N)c(SCc2cccc([N+](=O)[O-])c2)c1. The third-order valence-corrected chi connectivity index (χ3v) is 3.95. The summed E-state index contributed by atoms with van der Waals surface area (Å²) in [4.78, 5) is 11.3. The van der Waals surface area contributed by atoms with Crippen LogP contribution in [0.4, 0.5) is 11.4 Å². The van der Waals surface area contributed by atoms with Crippen molar-refractivity contribution in [3.8, 4) is 5.75 Å². The summed E-state index contributed by atoms with van der Waals surface area (Å²) < 4.78 is 5.45. The van der Waals surface area contributed by atoms with Gasteiger partial charge in [-0.05, 0) is 30.7 Å². The molecule has 0 bridgehead atoms. The number of nitro groups is 1. The third kappa shape index (κ3) is 4.13. The Bertz CT molecular complexity index is 647. The average molecular weight is 304 g/mol. The number of nitro benzene ring substituents is 1. The van der Waals surface area contributed by atoms with Gasteiger partial charge in [0, 0.05) is 28.5 Å². The summed E-state index contributed by atoms with van der Waals surface area (Å²) in [6, 6.07) is 12.1. The fraction of sp³-hybridized carbons (Fsp3) is 0.200. The van der Waals surface area contributed by atoms with Crippen LogP contribution in [0.5, 0.6) is 5.75 Å². The zero-order valence-corrected chi connectivity index (χ0v) is 12.4. The van der Waals surface area contributed by atoms with E-state index in [0.29, 0.717) is 18.0 Å². The highest BCUT2D eigenvalue weighted by Gasteiger charge is 2.07. The van der Waals surface area contributed by atoms with Gasteiger partial charge >= 0.3 is 0 Å². The molecule has 0 unspecified atom stereocenters. The van der Waals surface area contributed by atoms with E-state index in [1.165, 1.54) is 17.8 Å². The summed E-state index contributed by atoms with van der Waals surface area (Å²) in [7, 11) is 0. The van der Waals surface area contributed by atoms with E-state index in [1.54, 1.807) is 18.2 Å². The van der Waals surface area contributed by atoms with Crippen LogP contribution in [0.2, 0.25) is 0 Å². The molecule has 0 spiro atoms. The molecule has 0 heterocycles. The number of hydrogen-bond acceptors (Lipinski definition) is 5. The van der Waals surface area contributed by atoms with Crippen LogP contribution in [0.1, 0.15) is 12.5 Å². The normalized spacial score (nSPS) is 10.3. The Balaban J connectivity index is 2.10. The first kappa shape index (κ1) is 15.2. The second kappa shape index (κ2) is 6.99. The predicted molar refractivity (Wildman–Crippen MR) is 84.7 cm³/mol. The monoisotopic (exact) mass is 304 g/mol. The van der Waals surface area contributed by atoms with Crippen molar-refractivity contribution in [2.75, 3.05) is 12.3 Å². The number of ether oxygens (including phenoxy) is 1. The summed E-state index contributed by atoms with van der Waals surface area (Å²) in [5.41, 5.74) is 7.60. The first-order valence-electron chi connectivity index (χ1n) is 6.48. The van der Waals surface area contributed by atoms with Crippen molar-refractivity contribution in [2.24, 2.45) is 0 Å². The highest BCUT2D eigenvalue weighted by atomic mass is 32.2. The summed E-state index contributed by atoms with van der Waals surface area (Å²) >= 11 is 1.53. The number of rotatable bonds is 6. The van der Waals surface area contributed by atoms with E-state index in [2.05, 4.69) is 0 Å². The van der Waals surface area contributed by atoms with E-state index in [9.17, 15) is 10.1 Å². The number of thioether (sulfide) groups is 1. The van der Waals surface area contributed by atoms with E-state index in [1.807, 2.05) is 25.1 Å². The zero-order valence-electron chi connectivity index (χ0n) is 11.6. The lowest BCUT2D eigenvalue weighted by atomic mass is 10.2. The number of non-ortho nitro benzene ring substituents is 1. The highest BCUT2D eigenvalue weighted by Crippen LogP contribution is 2.32. The molecular formula is C15H16N2O3S. The second-order valence-electron chi connectivity index (χ2n) is 4.35. The van der Waals surface area contributed by atoms with Crippen LogP contribution >= 0.6 is 11.8 Å². The summed E-state index contributed by atoms with van der Waals surface area (Å²) in [5, 5.41) is 10.8. The van der Waals surface area contributed by atoms with Crippen LogP contribution < -0.4 is 10.5 Å². The van der Waals surface area contributed by atoms with Gasteiger partial charge in [0.2, 0.25) is 0 Å². The Morgan fingerprint density at radius 1 is 1.29 bits per heavy atom. The van der Waals surface area contributed by atoms with Gasteiger partial charge in [-0.1, -0.05) is 12.1 Å². The molecule has 0 saturated carbocycles. The van der Waals surface area contributed by atoms with Crippen molar-refractivity contribution in [3.63, 3.8) is 0 Å². The van der Waals surface area contributed by atoms with Crippen LogP contribution in [0, 0.1) is 10.1 Å². The maximum absolute atomic E-state index is 10.8. The summed E-state index contributed by atoms with van der Waals surface area (Å²) in [6.45, 7) is 2.52. The van der Waals surface area contributed by atoms with Crippen LogP contribution in [-0.4, -0.2) is 11.5 Å². The Labute approximate surface area is 127 Å². The smallest absolute Gasteiger partial charge is 0.269 e. The maximum atomic E-state index is 10.8. The topological polar surface area (TPSA) is 78.4 Å². The third-order valence-electron chi connectivity index (χ3n) is 2.81. The van der Waals surface area contributed by atoms with E-state index in [0.717, 1.165) is 16.2 Å². The van der Waals surface area contributed by atoms with Gasteiger partial charge in [0.15, 0.2) is 0 Å². The number of nitrogens with zero attached hydrogens (tertiary/aromatic N) is 1. The van der Waals surface area contributed by atoms with Crippen LogP contribution in [0.3, 0.4) is 0 Å². The molecule has 0 amide bonds. The van der Waals surface area contributed by atoms with Crippen LogP contribution in [0.15, 0.2) is 47.4 Å². The number of anilines is 1. The molecule has 2 aromatic rings. The highest BCUT2D eigenvalue weighted by molar-refractivity contribution is 7.98. The van der Waals surface area contributed by atoms with Crippen molar-refractivity contribution in [1.29, 1.82) is 0 Å². The molecule has 0 saturated heterocycles. The average Bonchev–Trinajstić information content (AvgIpc) is 2.48. The lowest BCUT2D eigenvalue weighted by Crippen LogP contribution is -1.94. The van der Waals surface area contributed by atoms with Crippen LogP contribution in [-0.2, 0) is 5.75 Å². The van der Waals surface area contributed by atoms with Gasteiger partial charge in [0.05, 0.1) is 11.5 Å². The molecular weight excluding hydrogens is 288 g/mol. The molecule has 5 nitrogen and oxygen atoms in total. The number of nitrogen functional groups attached to an aromatic ring is 1. The van der Waals surface area contributed by atoms with Gasteiger partial charge < -0.3 is 10.5 Å². The lowest BCUT2D eigenvalue weighted by Gasteiger charge is -2.09. The molecule has 0 aromatic heterocycles. The van der Waals surface area contributed by atoms with Gasteiger partial charge in [-0.15, -0.1) is 11.8 Å². The standard InChI is InChI=1S/C15H16N2O3S/c1-2-20-13-6-7-14(16)15(9-13)21-10-11-4-3-5-12(8-11)17(18)19/h3-9H,2,10,16H2,1H3. The van der Waals surface area contributed by atoms with E-state index in [4.69, 9.17) is 10.5 Å². The first-order chi connectivity index (χ1) is 10.1. The van der Waals surface area contributed by atoms with Crippen molar-refractivity contribution in [3.05, 3.63) is 58.1 Å². The van der Waals surface area contributed by atoms with Crippen molar-refractivity contribution in [1.82, 2.24) is 0 Å². The van der Waals surface area contributed by atoms with Gasteiger partial charge in [-0.3, -0.25) is 10.1 Å². The van der Waals surface area contributed by atoms with E-state index >= 15 is 0 Å². The molecule has 2 aromatic carbocycles. The van der Waals surface area contributed by atoms with Crippen molar-refractivity contribution >= 4 is 23.1 Å². The number of nitrogens with two attached hydrogens (primary N) is 1. The molecule has 21 heavy (non-hydrogen) atoms. The van der Waals surface area contributed by atoms with E-state index in [-0.39, 0.29) is 5.69 Å². The Morgan fingerprint density at radius 3 is 2.81 bits per heavy atom. The predicted octanol–water partition coefficient (Wildman–Crippen LogP) is 3.87. The molecule has 0 fully saturated rings. The Hall–Kier alpha value is -2.21. The fourth-order valence-corrected chi connectivity index (χ4v) is 2.75. The van der Waals surface area contributed by atoms with Gasteiger partial charge in [-0.2, -0.15) is 0 Å². The summed E-state index contributed by atoms with van der Waals surface area (Å²) in [5.74, 6) is 1.38. The number of benzene rings is 2. The van der Waals surface area contributed by atoms with E-state index < -0.39 is 4.92 Å². The molecule has 110 valence electrons. The van der Waals surface area contributed by atoms with Gasteiger partial charge in [-0.25, -0.2) is 0 Å². The maximum Gasteiger partial charge on any atom is 0.269 e.